The molecule has 2 rings (SSSR count). The first-order valence-corrected chi connectivity index (χ1v) is 10.3. The smallest absolute Gasteiger partial charge is 0.243 e. The number of morpholine rings is 1. The number of hydrogen-bond acceptors (Lipinski definition) is 6. The van der Waals surface area contributed by atoms with Crippen LogP contribution in [0.5, 0.6) is 0 Å². The fourth-order valence-electron chi connectivity index (χ4n) is 2.72. The number of carbonyl (C=O) groups is 1. The molecule has 10 heteroatoms. The Kier molecular flexibility index (Phi) is 9.48. The Bertz CT molecular complexity index is 724. The molecule has 1 atom stereocenters. The monoisotopic (exact) mass is 420 g/mol. The largest absolute Gasteiger partial charge is 0.384 e. The van der Waals surface area contributed by atoms with Crippen LogP contribution in [-0.4, -0.2) is 65.1 Å². The molecule has 1 unspecified atom stereocenters. The fourth-order valence-corrected chi connectivity index (χ4v) is 4.16. The summed E-state index contributed by atoms with van der Waals surface area (Å²) in [4.78, 5) is 12.5. The molecule has 0 radical (unpaired) electrons. The summed E-state index contributed by atoms with van der Waals surface area (Å²) in [6, 6.07) is 4.78. The van der Waals surface area contributed by atoms with E-state index in [1.807, 2.05) is 13.8 Å². The Morgan fingerprint density at radius 2 is 1.93 bits per heavy atom. The molecular formula is C17H29ClN4O4S. The van der Waals surface area contributed by atoms with Gasteiger partial charge >= 0.3 is 0 Å². The second-order valence-corrected chi connectivity index (χ2v) is 8.14. The van der Waals surface area contributed by atoms with E-state index >= 15 is 0 Å². The summed E-state index contributed by atoms with van der Waals surface area (Å²) in [6.07, 6.45) is 0. The number of carbonyl (C=O) groups excluding carboxylic acids is 1. The maximum atomic E-state index is 12.9. The van der Waals surface area contributed by atoms with E-state index in [1.165, 1.54) is 10.4 Å². The summed E-state index contributed by atoms with van der Waals surface area (Å²) in [5.74, 6) is -0.409. The van der Waals surface area contributed by atoms with Gasteiger partial charge in [0, 0.05) is 32.1 Å². The first-order valence-electron chi connectivity index (χ1n) is 8.81. The van der Waals surface area contributed by atoms with Gasteiger partial charge in [0.05, 0.1) is 29.5 Å². The van der Waals surface area contributed by atoms with Crippen LogP contribution in [-0.2, 0) is 19.6 Å². The van der Waals surface area contributed by atoms with Gasteiger partial charge in [-0.1, -0.05) is 6.92 Å². The van der Waals surface area contributed by atoms with Crippen molar-refractivity contribution in [1.82, 2.24) is 9.62 Å². The highest BCUT2D eigenvalue weighted by Gasteiger charge is 2.27. The number of sulfonamides is 1. The van der Waals surface area contributed by atoms with Gasteiger partial charge < -0.3 is 20.7 Å². The van der Waals surface area contributed by atoms with E-state index in [0.29, 0.717) is 50.8 Å². The van der Waals surface area contributed by atoms with E-state index in [1.54, 1.807) is 19.2 Å². The second-order valence-electron chi connectivity index (χ2n) is 6.20. The maximum absolute atomic E-state index is 12.9. The molecule has 1 aliphatic heterocycles. The molecule has 1 aliphatic rings. The third-order valence-electron chi connectivity index (χ3n) is 4.18. The number of amides is 1. The van der Waals surface area contributed by atoms with Crippen molar-refractivity contribution in [1.29, 1.82) is 0 Å². The minimum atomic E-state index is -3.62. The van der Waals surface area contributed by atoms with Gasteiger partial charge in [0.2, 0.25) is 15.9 Å². The molecule has 3 N–H and O–H groups in total. The first kappa shape index (κ1) is 23.6. The Hall–Kier alpha value is -1.39. The molecule has 1 aromatic carbocycles. The Labute approximate surface area is 167 Å². The highest BCUT2D eigenvalue weighted by Crippen LogP contribution is 2.28. The standard InChI is InChI=1S/C17H28N4O4S.ClH/c1-4-19-15-6-5-14(26(23,24)21-7-9-25-10-8-21)11-16(15)20-17(22)13(2)12-18-3;/h5-6,11,13,18-19H,4,7-10,12H2,1-3H3,(H,20,22);1H. The Morgan fingerprint density at radius 1 is 1.26 bits per heavy atom. The number of ether oxygens (including phenoxy) is 1. The molecule has 1 fully saturated rings. The van der Waals surface area contributed by atoms with Crippen molar-refractivity contribution in [3.05, 3.63) is 18.2 Å². The maximum Gasteiger partial charge on any atom is 0.243 e. The summed E-state index contributed by atoms with van der Waals surface area (Å²) < 4.78 is 32.4. The molecule has 1 amide bonds. The van der Waals surface area contributed by atoms with Crippen LogP contribution in [0, 0.1) is 5.92 Å². The first-order chi connectivity index (χ1) is 12.4. The van der Waals surface area contributed by atoms with Gasteiger partial charge in [0.1, 0.15) is 0 Å². The van der Waals surface area contributed by atoms with Gasteiger partial charge in [0.25, 0.3) is 0 Å². The van der Waals surface area contributed by atoms with E-state index in [2.05, 4.69) is 16.0 Å². The number of nitrogens with zero attached hydrogens (tertiary/aromatic N) is 1. The van der Waals surface area contributed by atoms with Gasteiger partial charge in [-0.15, -0.1) is 12.4 Å². The van der Waals surface area contributed by atoms with Crippen molar-refractivity contribution in [3.8, 4) is 0 Å². The molecule has 0 spiro atoms. The summed E-state index contributed by atoms with van der Waals surface area (Å²) in [5, 5.41) is 8.96. The van der Waals surface area contributed by atoms with Crippen molar-refractivity contribution >= 4 is 39.7 Å². The van der Waals surface area contributed by atoms with Crippen molar-refractivity contribution in [2.45, 2.75) is 18.7 Å². The molecule has 0 aromatic heterocycles. The highest BCUT2D eigenvalue weighted by atomic mass is 35.5. The van der Waals surface area contributed by atoms with Crippen LogP contribution in [0.3, 0.4) is 0 Å². The summed E-state index contributed by atoms with van der Waals surface area (Å²) in [6.45, 7) is 6.38. The lowest BCUT2D eigenvalue weighted by atomic mass is 10.1. The van der Waals surface area contributed by atoms with E-state index in [9.17, 15) is 13.2 Å². The number of hydrogen-bond donors (Lipinski definition) is 3. The van der Waals surface area contributed by atoms with Crippen LogP contribution < -0.4 is 16.0 Å². The van der Waals surface area contributed by atoms with Crippen LogP contribution in [0.15, 0.2) is 23.1 Å². The van der Waals surface area contributed by atoms with Crippen molar-refractivity contribution in [3.63, 3.8) is 0 Å². The Morgan fingerprint density at radius 3 is 2.52 bits per heavy atom. The molecule has 1 heterocycles. The van der Waals surface area contributed by atoms with Gasteiger partial charge in [0.15, 0.2) is 0 Å². The van der Waals surface area contributed by atoms with Crippen LogP contribution >= 0.6 is 12.4 Å². The van der Waals surface area contributed by atoms with Crippen LogP contribution in [0.1, 0.15) is 13.8 Å². The van der Waals surface area contributed by atoms with E-state index in [-0.39, 0.29) is 29.1 Å². The average Bonchev–Trinajstić information content (AvgIpc) is 2.64. The lowest BCUT2D eigenvalue weighted by Crippen LogP contribution is -2.40. The van der Waals surface area contributed by atoms with Crippen LogP contribution in [0.25, 0.3) is 0 Å². The third-order valence-corrected chi connectivity index (χ3v) is 6.08. The number of halogens is 1. The quantitative estimate of drug-likeness (QED) is 0.587. The molecule has 154 valence electrons. The molecule has 1 saturated heterocycles. The van der Waals surface area contributed by atoms with E-state index in [4.69, 9.17) is 4.74 Å². The van der Waals surface area contributed by atoms with Crippen molar-refractivity contribution in [2.75, 3.05) is 57.1 Å². The number of anilines is 2. The van der Waals surface area contributed by atoms with Crippen LogP contribution in [0.2, 0.25) is 0 Å². The number of rotatable bonds is 8. The Balaban J connectivity index is 0.00000364. The van der Waals surface area contributed by atoms with Gasteiger partial charge in [-0.05, 0) is 32.2 Å². The minimum Gasteiger partial charge on any atom is -0.384 e. The zero-order valence-electron chi connectivity index (χ0n) is 15.9. The molecule has 0 bridgehead atoms. The van der Waals surface area contributed by atoms with Gasteiger partial charge in [-0.2, -0.15) is 4.31 Å². The number of benzene rings is 1. The molecule has 0 aliphatic carbocycles. The summed E-state index contributed by atoms with van der Waals surface area (Å²) in [7, 11) is -1.84. The lowest BCUT2D eigenvalue weighted by molar-refractivity contribution is -0.119. The molecule has 8 nitrogen and oxygen atoms in total. The van der Waals surface area contributed by atoms with Crippen molar-refractivity contribution in [2.24, 2.45) is 5.92 Å². The summed E-state index contributed by atoms with van der Waals surface area (Å²) >= 11 is 0. The number of nitrogens with one attached hydrogen (secondary N) is 3. The zero-order valence-corrected chi connectivity index (χ0v) is 17.6. The van der Waals surface area contributed by atoms with Gasteiger partial charge in [-0.3, -0.25) is 4.79 Å². The van der Waals surface area contributed by atoms with Crippen molar-refractivity contribution < 1.29 is 17.9 Å². The normalized spacial score (nSPS) is 16.3. The van der Waals surface area contributed by atoms with E-state index in [0.717, 1.165) is 0 Å². The fraction of sp³-hybridized carbons (Fsp3) is 0.588. The zero-order chi connectivity index (χ0) is 19.2. The predicted octanol–water partition coefficient (Wildman–Crippen LogP) is 1.36. The van der Waals surface area contributed by atoms with Crippen LogP contribution in [0.4, 0.5) is 11.4 Å². The molecule has 27 heavy (non-hydrogen) atoms. The minimum absolute atomic E-state index is 0. The summed E-state index contributed by atoms with van der Waals surface area (Å²) in [5.41, 5.74) is 1.16. The predicted molar refractivity (Wildman–Crippen MR) is 109 cm³/mol. The van der Waals surface area contributed by atoms with E-state index < -0.39 is 10.0 Å². The second kappa shape index (κ2) is 10.8. The lowest BCUT2D eigenvalue weighted by Gasteiger charge is -2.26. The van der Waals surface area contributed by atoms with Gasteiger partial charge in [-0.25, -0.2) is 8.42 Å². The topological polar surface area (TPSA) is 99.8 Å². The third kappa shape index (κ3) is 6.05. The molecule has 0 saturated carbocycles. The molecule has 1 aromatic rings. The SMILES string of the molecule is CCNc1ccc(S(=O)(=O)N2CCOCC2)cc1NC(=O)C(C)CNC.Cl. The average molecular weight is 421 g/mol. The molecular weight excluding hydrogens is 392 g/mol. The highest BCUT2D eigenvalue weighted by molar-refractivity contribution is 7.89.